The molecule has 0 saturated heterocycles. The summed E-state index contributed by atoms with van der Waals surface area (Å²) >= 11 is 5.91. The molecule has 0 amide bonds. The highest BCUT2D eigenvalue weighted by atomic mass is 35.5. The molecule has 0 aliphatic carbocycles. The molecule has 0 saturated carbocycles. The minimum Gasteiger partial charge on any atom is -0.444 e. The molecular weight excluding hydrogens is 286 g/mol. The molecule has 4 nitrogen and oxygen atoms in total. The van der Waals surface area contributed by atoms with Crippen molar-refractivity contribution in [2.45, 2.75) is 33.7 Å². The Hall–Kier alpha value is -1.81. The number of imidazole rings is 1. The van der Waals surface area contributed by atoms with Crippen LogP contribution < -0.4 is 0 Å². The highest BCUT2D eigenvalue weighted by molar-refractivity contribution is 6.17. The van der Waals surface area contributed by atoms with Crippen molar-refractivity contribution in [2.75, 3.05) is 5.88 Å². The number of benzene rings is 1. The van der Waals surface area contributed by atoms with Gasteiger partial charge in [0.05, 0.1) is 16.7 Å². The molecule has 0 aliphatic heterocycles. The van der Waals surface area contributed by atoms with Gasteiger partial charge < -0.3 is 8.98 Å². The lowest BCUT2D eigenvalue weighted by Gasteiger charge is -2.06. The maximum atomic E-state index is 5.91. The van der Waals surface area contributed by atoms with Gasteiger partial charge >= 0.3 is 0 Å². The van der Waals surface area contributed by atoms with E-state index in [0.717, 1.165) is 34.7 Å². The van der Waals surface area contributed by atoms with Gasteiger partial charge in [0.25, 0.3) is 0 Å². The summed E-state index contributed by atoms with van der Waals surface area (Å²) in [6.45, 7) is 6.55. The fourth-order valence-corrected chi connectivity index (χ4v) is 2.65. The molecule has 0 radical (unpaired) electrons. The average molecular weight is 304 g/mol. The molecule has 1 aromatic carbocycles. The van der Waals surface area contributed by atoms with Gasteiger partial charge in [-0.3, -0.25) is 0 Å². The smallest absolute Gasteiger partial charge is 0.214 e. The summed E-state index contributed by atoms with van der Waals surface area (Å²) in [5.41, 5.74) is 4.23. The zero-order chi connectivity index (χ0) is 15.0. The number of hydrogen-bond donors (Lipinski definition) is 0. The first-order chi connectivity index (χ1) is 10.1. The maximum absolute atomic E-state index is 5.91. The number of nitrogens with zero attached hydrogens (tertiary/aromatic N) is 3. The van der Waals surface area contributed by atoms with E-state index in [0.29, 0.717) is 18.3 Å². The Morgan fingerprint density at radius 1 is 1.19 bits per heavy atom. The summed E-state index contributed by atoms with van der Waals surface area (Å²) in [7, 11) is 0. The lowest BCUT2D eigenvalue weighted by molar-refractivity contribution is 0.456. The van der Waals surface area contributed by atoms with Crippen LogP contribution in [0, 0.1) is 20.8 Å². The van der Waals surface area contributed by atoms with Crippen molar-refractivity contribution in [3.05, 3.63) is 46.9 Å². The molecule has 3 rings (SSSR count). The second-order valence-corrected chi connectivity index (χ2v) is 5.67. The molecule has 2 aromatic heterocycles. The molecule has 21 heavy (non-hydrogen) atoms. The SMILES string of the molecule is Cc1ccc2nc(CCCl)n(Cc3nc(C)c(C)o3)c2c1. The molecule has 0 aliphatic rings. The number of fused-ring (bicyclic) bond motifs is 1. The lowest BCUT2D eigenvalue weighted by atomic mass is 10.2. The molecule has 0 unspecified atom stereocenters. The van der Waals surface area contributed by atoms with E-state index in [1.807, 2.05) is 19.9 Å². The highest BCUT2D eigenvalue weighted by Gasteiger charge is 2.14. The Balaban J connectivity index is 2.09. The van der Waals surface area contributed by atoms with E-state index in [2.05, 4.69) is 33.6 Å². The third kappa shape index (κ3) is 2.68. The zero-order valence-corrected chi connectivity index (χ0v) is 13.2. The topological polar surface area (TPSA) is 43.9 Å². The minimum absolute atomic E-state index is 0.548. The average Bonchev–Trinajstić information content (AvgIpc) is 2.93. The third-order valence-electron chi connectivity index (χ3n) is 3.67. The van der Waals surface area contributed by atoms with Gasteiger partial charge in [-0.05, 0) is 38.5 Å². The molecule has 2 heterocycles. The summed E-state index contributed by atoms with van der Waals surface area (Å²) < 4.78 is 7.86. The van der Waals surface area contributed by atoms with Crippen LogP contribution in [0.3, 0.4) is 0 Å². The number of halogens is 1. The first kappa shape index (κ1) is 14.1. The molecule has 5 heteroatoms. The van der Waals surface area contributed by atoms with Crippen molar-refractivity contribution in [2.24, 2.45) is 0 Å². The van der Waals surface area contributed by atoms with Gasteiger partial charge in [-0.15, -0.1) is 11.6 Å². The second kappa shape index (κ2) is 5.53. The molecule has 0 N–H and O–H groups in total. The lowest BCUT2D eigenvalue weighted by Crippen LogP contribution is -2.06. The van der Waals surface area contributed by atoms with Crippen LogP contribution >= 0.6 is 11.6 Å². The Kier molecular flexibility index (Phi) is 3.72. The van der Waals surface area contributed by atoms with Crippen LogP contribution in [0.25, 0.3) is 11.0 Å². The molecule has 3 aromatic rings. The van der Waals surface area contributed by atoms with Gasteiger partial charge in [-0.25, -0.2) is 9.97 Å². The van der Waals surface area contributed by atoms with E-state index in [1.165, 1.54) is 5.56 Å². The van der Waals surface area contributed by atoms with Crippen LogP contribution in [0.4, 0.5) is 0 Å². The number of rotatable bonds is 4. The number of alkyl halides is 1. The second-order valence-electron chi connectivity index (χ2n) is 5.29. The van der Waals surface area contributed by atoms with Crippen LogP contribution in [0.2, 0.25) is 0 Å². The summed E-state index contributed by atoms with van der Waals surface area (Å²) in [5, 5.41) is 0. The predicted molar refractivity (Wildman–Crippen MR) is 84.0 cm³/mol. The van der Waals surface area contributed by atoms with Crippen molar-refractivity contribution in [3.63, 3.8) is 0 Å². The summed E-state index contributed by atoms with van der Waals surface area (Å²) in [6.07, 6.45) is 0.730. The predicted octanol–water partition coefficient (Wildman–Crippen LogP) is 3.78. The van der Waals surface area contributed by atoms with Crippen molar-refractivity contribution in [3.8, 4) is 0 Å². The van der Waals surface area contributed by atoms with E-state index in [-0.39, 0.29) is 0 Å². The molecule has 0 atom stereocenters. The summed E-state index contributed by atoms with van der Waals surface area (Å²) in [6, 6.07) is 6.26. The Labute approximate surface area is 128 Å². The van der Waals surface area contributed by atoms with E-state index < -0.39 is 0 Å². The maximum Gasteiger partial charge on any atom is 0.214 e. The Morgan fingerprint density at radius 3 is 2.67 bits per heavy atom. The van der Waals surface area contributed by atoms with E-state index in [4.69, 9.17) is 16.0 Å². The van der Waals surface area contributed by atoms with Crippen LogP contribution in [0.5, 0.6) is 0 Å². The van der Waals surface area contributed by atoms with Crippen LogP contribution in [0.15, 0.2) is 22.6 Å². The fourth-order valence-electron chi connectivity index (χ4n) is 2.48. The number of oxazole rings is 1. The first-order valence-electron chi connectivity index (χ1n) is 7.03. The Bertz CT molecular complexity index is 769. The minimum atomic E-state index is 0.548. The first-order valence-corrected chi connectivity index (χ1v) is 7.56. The van der Waals surface area contributed by atoms with Gasteiger partial charge in [0.1, 0.15) is 18.1 Å². The van der Waals surface area contributed by atoms with Gasteiger partial charge in [0.15, 0.2) is 0 Å². The van der Waals surface area contributed by atoms with Gasteiger partial charge in [0, 0.05) is 12.3 Å². The molecule has 110 valence electrons. The number of aromatic nitrogens is 3. The van der Waals surface area contributed by atoms with Crippen molar-refractivity contribution in [1.82, 2.24) is 14.5 Å². The van der Waals surface area contributed by atoms with E-state index in [9.17, 15) is 0 Å². The van der Waals surface area contributed by atoms with Crippen molar-refractivity contribution < 1.29 is 4.42 Å². The highest BCUT2D eigenvalue weighted by Crippen LogP contribution is 2.21. The molecular formula is C16H18ClN3O. The van der Waals surface area contributed by atoms with E-state index >= 15 is 0 Å². The number of aryl methyl sites for hydroxylation is 4. The molecule has 0 spiro atoms. The van der Waals surface area contributed by atoms with Crippen LogP contribution in [0.1, 0.15) is 28.7 Å². The quantitative estimate of drug-likeness (QED) is 0.689. The summed E-state index contributed by atoms with van der Waals surface area (Å²) in [5.74, 6) is 3.09. The monoisotopic (exact) mass is 303 g/mol. The van der Waals surface area contributed by atoms with Gasteiger partial charge in [-0.1, -0.05) is 6.07 Å². The number of hydrogen-bond acceptors (Lipinski definition) is 3. The van der Waals surface area contributed by atoms with Crippen molar-refractivity contribution in [1.29, 1.82) is 0 Å². The van der Waals surface area contributed by atoms with Crippen LogP contribution in [-0.4, -0.2) is 20.4 Å². The van der Waals surface area contributed by atoms with Crippen LogP contribution in [-0.2, 0) is 13.0 Å². The fraction of sp³-hybridized carbons (Fsp3) is 0.375. The zero-order valence-electron chi connectivity index (χ0n) is 12.5. The molecule has 0 fully saturated rings. The third-order valence-corrected chi connectivity index (χ3v) is 3.86. The summed E-state index contributed by atoms with van der Waals surface area (Å²) in [4.78, 5) is 9.15. The Morgan fingerprint density at radius 2 is 2.00 bits per heavy atom. The molecule has 0 bridgehead atoms. The van der Waals surface area contributed by atoms with Crippen molar-refractivity contribution >= 4 is 22.6 Å². The van der Waals surface area contributed by atoms with Gasteiger partial charge in [0.2, 0.25) is 5.89 Å². The largest absolute Gasteiger partial charge is 0.444 e. The standard InChI is InChI=1S/C16H18ClN3O/c1-10-4-5-13-14(8-10)20(15(19-13)6-7-17)9-16-18-11(2)12(3)21-16/h4-5,8H,6-7,9H2,1-3H3. The van der Waals surface area contributed by atoms with E-state index in [1.54, 1.807) is 0 Å². The normalized spacial score (nSPS) is 11.4. The van der Waals surface area contributed by atoms with Gasteiger partial charge in [-0.2, -0.15) is 0 Å².